The van der Waals surface area contributed by atoms with Crippen LogP contribution in [0.1, 0.15) is 55.4 Å². The molecule has 25 heavy (non-hydrogen) atoms. The molecule has 0 aliphatic heterocycles. The van der Waals surface area contributed by atoms with Crippen molar-refractivity contribution in [1.82, 2.24) is 0 Å². The summed E-state index contributed by atoms with van der Waals surface area (Å²) < 4.78 is 5.24. The van der Waals surface area contributed by atoms with Crippen molar-refractivity contribution < 1.29 is 9.84 Å². The fourth-order valence-electron chi connectivity index (χ4n) is 1.10. The smallest absolute Gasteiger partial charge is 0.119 e. The van der Waals surface area contributed by atoms with Crippen molar-refractivity contribution in [3.63, 3.8) is 0 Å². The summed E-state index contributed by atoms with van der Waals surface area (Å²) in [5.74, 6) is 1.21. The van der Waals surface area contributed by atoms with E-state index in [-0.39, 0.29) is 0 Å². The zero-order valence-electron chi connectivity index (χ0n) is 17.6. The second-order valence-electron chi connectivity index (χ2n) is 3.25. The molecule has 0 heterocycles. The molecule has 2 nitrogen and oxygen atoms in total. The average molecular weight is 349 g/mol. The minimum absolute atomic E-state index is 0.322. The first kappa shape index (κ1) is 30.6. The standard InChI is InChI=1S/C9H10O.C6H6O.4C2H6/c1-2-8-10-9-6-4-3-5-7-9;7-6-4-2-1-3-5-6;4*1-2/h2-7H,1,8H2;1-5,7H;4*1-2H3. The zero-order valence-corrected chi connectivity index (χ0v) is 17.6. The number of ether oxygens (including phenoxy) is 1. The molecule has 0 atom stereocenters. The molecule has 0 spiro atoms. The van der Waals surface area contributed by atoms with Gasteiger partial charge in [0.1, 0.15) is 18.1 Å². The van der Waals surface area contributed by atoms with Gasteiger partial charge in [0.05, 0.1) is 0 Å². The van der Waals surface area contributed by atoms with Gasteiger partial charge in [-0.15, -0.1) is 0 Å². The molecule has 2 rings (SSSR count). The Kier molecular flexibility index (Phi) is 40.9. The van der Waals surface area contributed by atoms with Gasteiger partial charge in [0.25, 0.3) is 0 Å². The molecule has 0 amide bonds. The maximum atomic E-state index is 8.63. The predicted octanol–water partition coefficient (Wildman–Crippen LogP) is 7.75. The molecule has 2 aromatic rings. The van der Waals surface area contributed by atoms with Crippen LogP contribution in [0.2, 0.25) is 0 Å². The summed E-state index contributed by atoms with van der Waals surface area (Å²) in [4.78, 5) is 0. The van der Waals surface area contributed by atoms with Gasteiger partial charge in [0.15, 0.2) is 0 Å². The van der Waals surface area contributed by atoms with Gasteiger partial charge >= 0.3 is 0 Å². The predicted molar refractivity (Wildman–Crippen MR) is 116 cm³/mol. The van der Waals surface area contributed by atoms with Crippen LogP contribution < -0.4 is 4.74 Å². The van der Waals surface area contributed by atoms with Crippen LogP contribution in [-0.2, 0) is 0 Å². The molecule has 0 saturated heterocycles. The van der Waals surface area contributed by atoms with Gasteiger partial charge < -0.3 is 9.84 Å². The summed E-state index contributed by atoms with van der Waals surface area (Å²) in [7, 11) is 0. The molecule has 144 valence electrons. The van der Waals surface area contributed by atoms with Crippen LogP contribution in [0.15, 0.2) is 73.3 Å². The summed E-state index contributed by atoms with van der Waals surface area (Å²) in [6.45, 7) is 20.1. The first-order chi connectivity index (χ1) is 12.3. The minimum Gasteiger partial charge on any atom is -0.508 e. The Morgan fingerprint density at radius 2 is 1.08 bits per heavy atom. The SMILES string of the molecule is C=CCOc1ccccc1.CC.CC.CC.CC.Oc1ccccc1. The van der Waals surface area contributed by atoms with Crippen LogP contribution in [-0.4, -0.2) is 11.7 Å². The summed E-state index contributed by atoms with van der Waals surface area (Å²) >= 11 is 0. The normalized spacial score (nSPS) is 6.88. The highest BCUT2D eigenvalue weighted by Crippen LogP contribution is 2.07. The summed E-state index contributed by atoms with van der Waals surface area (Å²) in [6, 6.07) is 18.4. The number of rotatable bonds is 3. The number of phenolic OH excluding ortho intramolecular Hbond substituents is 1. The fraction of sp³-hybridized carbons (Fsp3) is 0.391. The maximum absolute atomic E-state index is 8.63. The highest BCUT2D eigenvalue weighted by molar-refractivity contribution is 5.21. The monoisotopic (exact) mass is 348 g/mol. The van der Waals surface area contributed by atoms with E-state index in [4.69, 9.17) is 9.84 Å². The van der Waals surface area contributed by atoms with Crippen molar-refractivity contribution in [2.24, 2.45) is 0 Å². The van der Waals surface area contributed by atoms with Gasteiger partial charge in [-0.2, -0.15) is 0 Å². The molecule has 0 saturated carbocycles. The number of para-hydroxylation sites is 2. The van der Waals surface area contributed by atoms with Crippen molar-refractivity contribution in [3.05, 3.63) is 73.3 Å². The third kappa shape index (κ3) is 27.0. The van der Waals surface area contributed by atoms with Gasteiger partial charge in [0.2, 0.25) is 0 Å². The molecule has 0 aliphatic rings. The molecular weight excluding hydrogens is 308 g/mol. The lowest BCUT2D eigenvalue weighted by Gasteiger charge is -1.99. The van der Waals surface area contributed by atoms with Gasteiger partial charge in [-0.1, -0.05) is 104 Å². The van der Waals surface area contributed by atoms with Crippen molar-refractivity contribution in [3.8, 4) is 11.5 Å². The molecule has 2 aromatic carbocycles. The lowest BCUT2D eigenvalue weighted by atomic mass is 10.3. The number of benzene rings is 2. The molecular formula is C23H40O2. The van der Waals surface area contributed by atoms with Crippen molar-refractivity contribution in [2.75, 3.05) is 6.61 Å². The number of hydrogen-bond donors (Lipinski definition) is 1. The number of hydrogen-bond acceptors (Lipinski definition) is 2. The molecule has 1 N–H and O–H groups in total. The summed E-state index contributed by atoms with van der Waals surface area (Å²) in [6.07, 6.45) is 1.73. The van der Waals surface area contributed by atoms with Crippen LogP contribution in [0.4, 0.5) is 0 Å². The van der Waals surface area contributed by atoms with E-state index in [9.17, 15) is 0 Å². The molecule has 0 aliphatic carbocycles. The van der Waals surface area contributed by atoms with Crippen molar-refractivity contribution in [1.29, 1.82) is 0 Å². The Hall–Kier alpha value is -2.22. The van der Waals surface area contributed by atoms with Crippen LogP contribution in [0.25, 0.3) is 0 Å². The van der Waals surface area contributed by atoms with E-state index in [1.807, 2.05) is 91.8 Å². The lowest BCUT2D eigenvalue weighted by molar-refractivity contribution is 0.363. The molecule has 0 unspecified atom stereocenters. The molecule has 0 fully saturated rings. The molecule has 2 heteroatoms. The fourth-order valence-corrected chi connectivity index (χ4v) is 1.10. The van der Waals surface area contributed by atoms with Crippen LogP contribution >= 0.6 is 0 Å². The van der Waals surface area contributed by atoms with E-state index in [1.165, 1.54) is 0 Å². The zero-order chi connectivity index (χ0) is 20.3. The van der Waals surface area contributed by atoms with Crippen LogP contribution in [0.5, 0.6) is 11.5 Å². The summed E-state index contributed by atoms with van der Waals surface area (Å²) in [5, 5.41) is 8.63. The van der Waals surface area contributed by atoms with Crippen molar-refractivity contribution >= 4 is 0 Å². The van der Waals surface area contributed by atoms with Crippen LogP contribution in [0.3, 0.4) is 0 Å². The maximum Gasteiger partial charge on any atom is 0.119 e. The Labute approximate surface area is 157 Å². The highest BCUT2D eigenvalue weighted by atomic mass is 16.5. The first-order valence-electron chi connectivity index (χ1n) is 9.35. The largest absolute Gasteiger partial charge is 0.508 e. The Bertz CT molecular complexity index is 411. The van der Waals surface area contributed by atoms with Gasteiger partial charge in [-0.3, -0.25) is 0 Å². The minimum atomic E-state index is 0.322. The second-order valence-corrected chi connectivity index (χ2v) is 3.25. The highest BCUT2D eigenvalue weighted by Gasteiger charge is 1.85. The van der Waals surface area contributed by atoms with E-state index in [0.29, 0.717) is 12.4 Å². The molecule has 0 aromatic heterocycles. The van der Waals surface area contributed by atoms with E-state index in [1.54, 1.807) is 30.3 Å². The third-order valence-electron chi connectivity index (χ3n) is 1.87. The van der Waals surface area contributed by atoms with Crippen LogP contribution in [0, 0.1) is 0 Å². The number of aromatic hydroxyl groups is 1. The third-order valence-corrected chi connectivity index (χ3v) is 1.87. The van der Waals surface area contributed by atoms with E-state index in [2.05, 4.69) is 6.58 Å². The molecule has 0 bridgehead atoms. The quantitative estimate of drug-likeness (QED) is 0.574. The Morgan fingerprint density at radius 3 is 1.36 bits per heavy atom. The van der Waals surface area contributed by atoms with E-state index in [0.717, 1.165) is 5.75 Å². The Balaban J connectivity index is -0.000000129. The van der Waals surface area contributed by atoms with Gasteiger partial charge in [-0.05, 0) is 24.3 Å². The average Bonchev–Trinajstić information content (AvgIpc) is 2.74. The topological polar surface area (TPSA) is 29.5 Å². The van der Waals surface area contributed by atoms with E-state index >= 15 is 0 Å². The lowest BCUT2D eigenvalue weighted by Crippen LogP contribution is -1.91. The summed E-state index contributed by atoms with van der Waals surface area (Å²) in [5.41, 5.74) is 0. The van der Waals surface area contributed by atoms with Crippen molar-refractivity contribution in [2.45, 2.75) is 55.4 Å². The second kappa shape index (κ2) is 33.4. The number of phenols is 1. The molecule has 0 radical (unpaired) electrons. The van der Waals surface area contributed by atoms with E-state index < -0.39 is 0 Å². The van der Waals surface area contributed by atoms with Gasteiger partial charge in [-0.25, -0.2) is 0 Å². The first-order valence-corrected chi connectivity index (χ1v) is 9.35. The Morgan fingerprint density at radius 1 is 0.720 bits per heavy atom. The van der Waals surface area contributed by atoms with Gasteiger partial charge in [0, 0.05) is 0 Å².